The van der Waals surface area contributed by atoms with Crippen LogP contribution >= 0.6 is 0 Å². The van der Waals surface area contributed by atoms with Gasteiger partial charge in [0.25, 0.3) is 0 Å². The molecule has 3 N–H and O–H groups in total. The third-order valence-electron chi connectivity index (χ3n) is 3.80. The summed E-state index contributed by atoms with van der Waals surface area (Å²) < 4.78 is 11.1. The highest BCUT2D eigenvalue weighted by Crippen LogP contribution is 2.24. The van der Waals surface area contributed by atoms with E-state index in [4.69, 9.17) is 15.2 Å². The van der Waals surface area contributed by atoms with Crippen LogP contribution in [0.5, 0.6) is 0 Å². The zero-order valence-electron chi connectivity index (χ0n) is 13.9. The standard InChI is InChI=1S/C16H28N2O4/c1-5-12(6-2)22-14-9-11(16(20)21-7-3)8-13(17)15(14)18-10(4)19/h9,12-15H,5-8,17H2,1-4H3,(H,18,19)/t13-,14+,15+/m0/s1/i10-1. The molecule has 0 radical (unpaired) electrons. The second kappa shape index (κ2) is 8.90. The zero-order chi connectivity index (χ0) is 16.7. The molecule has 0 saturated carbocycles. The molecule has 0 spiro atoms. The first-order valence-electron chi connectivity index (χ1n) is 7.98. The number of esters is 1. The molecule has 1 amide bonds. The summed E-state index contributed by atoms with van der Waals surface area (Å²) in [6.07, 6.45) is 3.48. The summed E-state index contributed by atoms with van der Waals surface area (Å²) in [5.41, 5.74) is 6.68. The molecule has 0 saturated heterocycles. The Labute approximate surface area is 132 Å². The van der Waals surface area contributed by atoms with Gasteiger partial charge >= 0.3 is 5.97 Å². The quantitative estimate of drug-likeness (QED) is 0.691. The number of nitrogens with two attached hydrogens (primary N) is 1. The van der Waals surface area contributed by atoms with Crippen molar-refractivity contribution in [2.75, 3.05) is 6.61 Å². The van der Waals surface area contributed by atoms with Crippen LogP contribution in [0.15, 0.2) is 11.6 Å². The second-order valence-corrected chi connectivity index (χ2v) is 5.55. The number of hydrogen-bond acceptors (Lipinski definition) is 5. The lowest BCUT2D eigenvalue weighted by Gasteiger charge is -2.36. The van der Waals surface area contributed by atoms with Crippen molar-refractivity contribution in [3.8, 4) is 0 Å². The van der Waals surface area contributed by atoms with Crippen molar-refractivity contribution in [1.29, 1.82) is 0 Å². The van der Waals surface area contributed by atoms with Gasteiger partial charge in [0.05, 0.1) is 24.9 Å². The van der Waals surface area contributed by atoms with Crippen LogP contribution in [-0.2, 0) is 19.1 Å². The Morgan fingerprint density at radius 2 is 2.00 bits per heavy atom. The van der Waals surface area contributed by atoms with E-state index in [2.05, 4.69) is 5.32 Å². The Kier molecular flexibility index (Phi) is 7.55. The van der Waals surface area contributed by atoms with Gasteiger partial charge in [0.15, 0.2) is 0 Å². The topological polar surface area (TPSA) is 90.6 Å². The van der Waals surface area contributed by atoms with Gasteiger partial charge in [-0.05, 0) is 32.3 Å². The van der Waals surface area contributed by atoms with Gasteiger partial charge in [-0.25, -0.2) is 4.79 Å². The molecule has 0 aromatic carbocycles. The summed E-state index contributed by atoms with van der Waals surface area (Å²) in [6, 6.07) is -0.719. The van der Waals surface area contributed by atoms with Crippen molar-refractivity contribution in [3.63, 3.8) is 0 Å². The van der Waals surface area contributed by atoms with Crippen LogP contribution in [0.2, 0.25) is 0 Å². The molecule has 6 heteroatoms. The molecule has 22 heavy (non-hydrogen) atoms. The van der Waals surface area contributed by atoms with Crippen LogP contribution in [0, 0.1) is 0 Å². The smallest absolute Gasteiger partial charge is 0.333 e. The van der Waals surface area contributed by atoms with Gasteiger partial charge in [-0.1, -0.05) is 13.8 Å². The van der Waals surface area contributed by atoms with E-state index >= 15 is 0 Å². The van der Waals surface area contributed by atoms with E-state index in [-0.39, 0.29) is 30.1 Å². The second-order valence-electron chi connectivity index (χ2n) is 5.55. The summed E-state index contributed by atoms with van der Waals surface area (Å²) in [5.74, 6) is -0.524. The van der Waals surface area contributed by atoms with Crippen LogP contribution in [0.4, 0.5) is 0 Å². The van der Waals surface area contributed by atoms with Crippen molar-refractivity contribution in [1.82, 2.24) is 5.32 Å². The molecule has 1 rings (SSSR count). The number of carbonyl (C=O) groups excluding carboxylic acids is 2. The van der Waals surface area contributed by atoms with Crippen LogP contribution in [-0.4, -0.2) is 42.8 Å². The molecule has 1 aliphatic rings. The molecule has 0 aromatic rings. The number of carbonyl (C=O) groups is 2. The lowest BCUT2D eigenvalue weighted by Crippen LogP contribution is -2.57. The summed E-state index contributed by atoms with van der Waals surface area (Å²) in [4.78, 5) is 23.4. The van der Waals surface area contributed by atoms with Crippen molar-refractivity contribution in [3.05, 3.63) is 11.6 Å². The number of ether oxygens (including phenoxy) is 2. The molecule has 0 bridgehead atoms. The number of amides is 1. The van der Waals surface area contributed by atoms with E-state index in [1.807, 2.05) is 13.8 Å². The van der Waals surface area contributed by atoms with Gasteiger partial charge in [-0.2, -0.15) is 0 Å². The molecular weight excluding hydrogens is 283 g/mol. The summed E-state index contributed by atoms with van der Waals surface area (Å²) >= 11 is 0. The van der Waals surface area contributed by atoms with Gasteiger partial charge < -0.3 is 20.5 Å². The Bertz CT molecular complexity index is 418. The van der Waals surface area contributed by atoms with Gasteiger partial charge in [-0.15, -0.1) is 0 Å². The maximum atomic E-state index is 12.0. The van der Waals surface area contributed by atoms with E-state index < -0.39 is 6.10 Å². The van der Waals surface area contributed by atoms with Gasteiger partial charge in [0.1, 0.15) is 0 Å². The normalized spacial score (nSPS) is 24.8. The fourth-order valence-electron chi connectivity index (χ4n) is 2.62. The minimum absolute atomic E-state index is 0.0613. The maximum Gasteiger partial charge on any atom is 0.333 e. The lowest BCUT2D eigenvalue weighted by molar-refractivity contribution is -0.139. The Balaban J connectivity index is 2.98. The Hall–Kier alpha value is -1.40. The monoisotopic (exact) mass is 311 g/mol. The third-order valence-corrected chi connectivity index (χ3v) is 3.80. The van der Waals surface area contributed by atoms with Crippen LogP contribution in [0.1, 0.15) is 47.0 Å². The Morgan fingerprint density at radius 1 is 1.36 bits per heavy atom. The minimum atomic E-state index is -0.419. The average molecular weight is 311 g/mol. The maximum absolute atomic E-state index is 12.0. The highest BCUT2D eigenvalue weighted by atomic mass is 16.5. The molecule has 0 unspecified atom stereocenters. The van der Waals surface area contributed by atoms with E-state index in [9.17, 15) is 9.59 Å². The minimum Gasteiger partial charge on any atom is -0.463 e. The van der Waals surface area contributed by atoms with Crippen molar-refractivity contribution >= 4 is 11.9 Å². The van der Waals surface area contributed by atoms with E-state index in [1.54, 1.807) is 13.0 Å². The van der Waals surface area contributed by atoms with Gasteiger partial charge in [-0.3, -0.25) is 4.79 Å². The van der Waals surface area contributed by atoms with E-state index in [0.29, 0.717) is 18.6 Å². The predicted octanol–water partition coefficient (Wildman–Crippen LogP) is 1.29. The number of hydrogen-bond donors (Lipinski definition) is 2. The first kappa shape index (κ1) is 18.6. The molecule has 6 nitrogen and oxygen atoms in total. The summed E-state index contributed by atoms with van der Waals surface area (Å²) in [7, 11) is 0. The molecule has 3 atom stereocenters. The van der Waals surface area contributed by atoms with E-state index in [1.165, 1.54) is 6.92 Å². The molecule has 0 fully saturated rings. The molecule has 1 aliphatic carbocycles. The third kappa shape index (κ3) is 5.10. The van der Waals surface area contributed by atoms with Crippen molar-refractivity contribution in [2.24, 2.45) is 5.73 Å². The van der Waals surface area contributed by atoms with Gasteiger partial charge in [0.2, 0.25) is 5.91 Å². The summed E-state index contributed by atoms with van der Waals surface area (Å²) in [5, 5.41) is 2.84. The van der Waals surface area contributed by atoms with Crippen molar-refractivity contribution in [2.45, 2.75) is 71.2 Å². The fourth-order valence-corrected chi connectivity index (χ4v) is 2.62. The largest absolute Gasteiger partial charge is 0.463 e. The lowest BCUT2D eigenvalue weighted by atomic mass is 9.86. The molecule has 0 heterocycles. The first-order chi connectivity index (χ1) is 10.4. The predicted molar refractivity (Wildman–Crippen MR) is 84.2 cm³/mol. The highest BCUT2D eigenvalue weighted by Gasteiger charge is 2.35. The average Bonchev–Trinajstić information content (AvgIpc) is 2.47. The van der Waals surface area contributed by atoms with Crippen LogP contribution < -0.4 is 11.1 Å². The molecule has 0 aliphatic heterocycles. The molecular formula is C16H28N2O4. The summed E-state index contributed by atoms with van der Waals surface area (Å²) in [6.45, 7) is 7.62. The highest BCUT2D eigenvalue weighted by molar-refractivity contribution is 5.89. The molecule has 0 aromatic heterocycles. The number of rotatable bonds is 7. The van der Waals surface area contributed by atoms with Crippen LogP contribution in [0.25, 0.3) is 0 Å². The van der Waals surface area contributed by atoms with Crippen molar-refractivity contribution < 1.29 is 19.1 Å². The number of nitrogens with one attached hydrogen (secondary N) is 1. The Morgan fingerprint density at radius 3 is 2.50 bits per heavy atom. The fraction of sp³-hybridized carbons (Fsp3) is 0.750. The zero-order valence-corrected chi connectivity index (χ0v) is 13.9. The molecule has 126 valence electrons. The van der Waals surface area contributed by atoms with Gasteiger partial charge in [0, 0.05) is 18.5 Å². The SMILES string of the molecule is CCOC(=O)C1=C[C@@H](OC(CC)CC)[C@H](N[11C](C)=O)[C@@H](N)C1. The van der Waals surface area contributed by atoms with E-state index in [0.717, 1.165) is 12.8 Å². The first-order valence-corrected chi connectivity index (χ1v) is 7.98. The van der Waals surface area contributed by atoms with Crippen LogP contribution in [0.3, 0.4) is 0 Å².